The van der Waals surface area contributed by atoms with Crippen molar-refractivity contribution in [1.82, 2.24) is 0 Å². The molecule has 0 spiro atoms. The molecule has 0 aromatic heterocycles. The highest BCUT2D eigenvalue weighted by Crippen LogP contribution is 2.34. The van der Waals surface area contributed by atoms with Gasteiger partial charge in [0.2, 0.25) is 11.6 Å². The summed E-state index contributed by atoms with van der Waals surface area (Å²) in [4.78, 5) is 41.0. The van der Waals surface area contributed by atoms with Gasteiger partial charge in [0.1, 0.15) is 6.61 Å². The molecule has 220 valence electrons. The second-order valence-electron chi connectivity index (χ2n) is 9.53. The Bertz CT molecular complexity index is 1470. The second kappa shape index (κ2) is 12.3. The molecule has 0 amide bonds. The van der Waals surface area contributed by atoms with E-state index >= 15 is 0 Å². The zero-order chi connectivity index (χ0) is 30.7. The Labute approximate surface area is 240 Å². The smallest absolute Gasteiger partial charge is 0.305 e. The molecular formula is C24H22Cl2F2N4O9. The average molecular weight is 619 g/mol. The van der Waals surface area contributed by atoms with Crippen LogP contribution in [-0.4, -0.2) is 56.8 Å². The topological polar surface area (TPSA) is 176 Å². The van der Waals surface area contributed by atoms with Gasteiger partial charge in [-0.2, -0.15) is 8.78 Å². The number of carbonyl (C=O) groups excluding carboxylic acids is 1. The predicted octanol–water partition coefficient (Wildman–Crippen LogP) is 5.10. The van der Waals surface area contributed by atoms with Crippen LogP contribution in [0.5, 0.6) is 0 Å². The molecule has 1 N–H and O–H groups in total. The van der Waals surface area contributed by atoms with Crippen molar-refractivity contribution in [2.45, 2.75) is 44.8 Å². The van der Waals surface area contributed by atoms with Crippen LogP contribution in [0.4, 0.5) is 20.2 Å². The van der Waals surface area contributed by atoms with Gasteiger partial charge in [-0.25, -0.2) is 0 Å². The van der Waals surface area contributed by atoms with Crippen LogP contribution in [0.1, 0.15) is 44.7 Å². The van der Waals surface area contributed by atoms with E-state index in [4.69, 9.17) is 42.7 Å². The maximum atomic E-state index is 13.5. The molecule has 0 bridgehead atoms. The SMILES string of the molecule is CC(=O)OCC1(C)CC(c2cc([N+](=O)[O-])c(F)cc2Cl)=NO1.CC1(CO)CC(c2cc([N+](=O)[O-])c(F)cc2Cl)=NO1. The van der Waals surface area contributed by atoms with E-state index in [9.17, 15) is 33.8 Å². The van der Waals surface area contributed by atoms with Crippen LogP contribution in [0.25, 0.3) is 0 Å². The Morgan fingerprint density at radius 2 is 1.37 bits per heavy atom. The van der Waals surface area contributed by atoms with Crippen LogP contribution in [-0.2, 0) is 19.2 Å². The minimum atomic E-state index is -1.03. The normalized spacial score (nSPS) is 21.1. The summed E-state index contributed by atoms with van der Waals surface area (Å²) < 4.78 is 31.7. The van der Waals surface area contributed by atoms with Crippen molar-refractivity contribution in [1.29, 1.82) is 0 Å². The maximum absolute atomic E-state index is 13.5. The average Bonchev–Trinajstić information content (AvgIpc) is 3.47. The van der Waals surface area contributed by atoms with E-state index in [0.29, 0.717) is 11.4 Å². The Balaban J connectivity index is 0.000000228. The van der Waals surface area contributed by atoms with Gasteiger partial charge in [0, 0.05) is 55.2 Å². The first-order valence-electron chi connectivity index (χ1n) is 11.6. The van der Waals surface area contributed by atoms with Crippen molar-refractivity contribution in [3.05, 3.63) is 77.3 Å². The van der Waals surface area contributed by atoms with Crippen molar-refractivity contribution < 1.29 is 42.9 Å². The number of ether oxygens (including phenoxy) is 1. The van der Waals surface area contributed by atoms with Crippen LogP contribution in [0, 0.1) is 31.9 Å². The highest BCUT2D eigenvalue weighted by atomic mass is 35.5. The standard InChI is InChI=1S/C13H12ClFN2O5.C11H10ClFN2O4/c1-7(18)21-6-13(2)5-11(16-22-13)8-3-12(17(19)20)10(15)4-9(8)14;1-11(5-16)4-9(14-19-11)6-2-10(15(17)18)8(13)3-7(6)12/h3-4H,5-6H2,1-2H3;2-3,16H,4-5H2,1H3. The van der Waals surface area contributed by atoms with E-state index in [-0.39, 0.29) is 47.2 Å². The Morgan fingerprint density at radius 3 is 1.73 bits per heavy atom. The molecule has 0 aliphatic carbocycles. The van der Waals surface area contributed by atoms with Crippen LogP contribution < -0.4 is 0 Å². The lowest BCUT2D eigenvalue weighted by Gasteiger charge is -2.20. The molecule has 41 heavy (non-hydrogen) atoms. The quantitative estimate of drug-likeness (QED) is 0.251. The van der Waals surface area contributed by atoms with Gasteiger partial charge in [0.25, 0.3) is 0 Å². The number of benzene rings is 2. The fraction of sp³-hybridized carbons (Fsp3) is 0.375. The number of halogens is 4. The Hall–Kier alpha value is -3.95. The number of nitro groups is 2. The fourth-order valence-corrected chi connectivity index (χ4v) is 4.19. The van der Waals surface area contributed by atoms with Crippen molar-refractivity contribution in [2.24, 2.45) is 10.3 Å². The lowest BCUT2D eigenvalue weighted by atomic mass is 9.96. The summed E-state index contributed by atoms with van der Waals surface area (Å²) in [6.07, 6.45) is 0.439. The summed E-state index contributed by atoms with van der Waals surface area (Å²) in [5.41, 5.74) is -2.06. The summed E-state index contributed by atoms with van der Waals surface area (Å²) in [5.74, 6) is -2.50. The summed E-state index contributed by atoms with van der Waals surface area (Å²) in [7, 11) is 0. The van der Waals surface area contributed by atoms with Gasteiger partial charge in [0.05, 0.1) is 37.9 Å². The van der Waals surface area contributed by atoms with Gasteiger partial charge >= 0.3 is 17.3 Å². The molecule has 2 aromatic carbocycles. The molecule has 4 rings (SSSR count). The number of carbonyl (C=O) groups is 1. The molecule has 2 aromatic rings. The molecule has 17 heteroatoms. The number of esters is 1. The molecule has 13 nitrogen and oxygen atoms in total. The summed E-state index contributed by atoms with van der Waals surface area (Å²) in [6, 6.07) is 3.76. The van der Waals surface area contributed by atoms with Crippen molar-refractivity contribution >= 4 is 52.0 Å². The van der Waals surface area contributed by atoms with Gasteiger partial charge in [-0.15, -0.1) is 0 Å². The third kappa shape index (κ3) is 7.42. The van der Waals surface area contributed by atoms with E-state index in [1.165, 1.54) is 6.92 Å². The highest BCUT2D eigenvalue weighted by molar-refractivity contribution is 6.35. The molecule has 2 heterocycles. The fourth-order valence-electron chi connectivity index (χ4n) is 3.67. The zero-order valence-electron chi connectivity index (χ0n) is 21.7. The number of hydrogen-bond donors (Lipinski definition) is 1. The molecule has 2 aliphatic heterocycles. The molecule has 2 aliphatic rings. The first kappa shape index (κ1) is 31.6. The van der Waals surface area contributed by atoms with E-state index in [1.807, 2.05) is 0 Å². The van der Waals surface area contributed by atoms with E-state index in [1.54, 1.807) is 13.8 Å². The summed E-state index contributed by atoms with van der Waals surface area (Å²) in [6.45, 7) is 4.27. The molecule has 0 saturated carbocycles. The lowest BCUT2D eigenvalue weighted by molar-refractivity contribution is -0.387. The van der Waals surface area contributed by atoms with E-state index < -0.39 is 50.0 Å². The molecule has 0 fully saturated rings. The van der Waals surface area contributed by atoms with Crippen molar-refractivity contribution in [3.63, 3.8) is 0 Å². The van der Waals surface area contributed by atoms with Crippen LogP contribution in [0.2, 0.25) is 10.0 Å². The maximum Gasteiger partial charge on any atom is 0.305 e. The van der Waals surface area contributed by atoms with Gasteiger partial charge in [-0.3, -0.25) is 25.0 Å². The number of nitrogens with zero attached hydrogens (tertiary/aromatic N) is 4. The Morgan fingerprint density at radius 1 is 0.951 bits per heavy atom. The van der Waals surface area contributed by atoms with Gasteiger partial charge in [-0.1, -0.05) is 33.5 Å². The molecule has 2 unspecified atom stereocenters. The second-order valence-corrected chi connectivity index (χ2v) is 10.3. The third-order valence-electron chi connectivity index (χ3n) is 5.84. The number of oxime groups is 2. The number of nitro benzene ring substituents is 2. The number of rotatable bonds is 7. The number of hydrogen-bond acceptors (Lipinski definition) is 11. The third-order valence-corrected chi connectivity index (χ3v) is 6.46. The number of aliphatic hydroxyl groups is 1. The highest BCUT2D eigenvalue weighted by Gasteiger charge is 2.38. The largest absolute Gasteiger partial charge is 0.461 e. The van der Waals surface area contributed by atoms with Gasteiger partial charge < -0.3 is 19.5 Å². The summed E-state index contributed by atoms with van der Waals surface area (Å²) >= 11 is 11.8. The van der Waals surface area contributed by atoms with Crippen LogP contribution in [0.15, 0.2) is 34.6 Å². The minimum Gasteiger partial charge on any atom is -0.461 e. The minimum absolute atomic E-state index is 0.00707. The molecule has 0 saturated heterocycles. The van der Waals surface area contributed by atoms with Gasteiger partial charge in [0.15, 0.2) is 11.2 Å². The monoisotopic (exact) mass is 618 g/mol. The van der Waals surface area contributed by atoms with Crippen LogP contribution >= 0.6 is 23.2 Å². The van der Waals surface area contributed by atoms with Crippen molar-refractivity contribution in [2.75, 3.05) is 13.2 Å². The van der Waals surface area contributed by atoms with Crippen LogP contribution in [0.3, 0.4) is 0 Å². The molecular weight excluding hydrogens is 597 g/mol. The lowest BCUT2D eigenvalue weighted by Crippen LogP contribution is -2.32. The van der Waals surface area contributed by atoms with Gasteiger partial charge in [-0.05, 0) is 13.8 Å². The molecule has 2 atom stereocenters. The van der Waals surface area contributed by atoms with E-state index in [0.717, 1.165) is 24.3 Å². The zero-order valence-corrected chi connectivity index (χ0v) is 23.2. The van der Waals surface area contributed by atoms with Crippen molar-refractivity contribution in [3.8, 4) is 0 Å². The Kier molecular flexibility index (Phi) is 9.46. The first-order chi connectivity index (χ1) is 19.1. The first-order valence-corrected chi connectivity index (χ1v) is 12.4. The molecule has 0 radical (unpaired) electrons. The summed E-state index contributed by atoms with van der Waals surface area (Å²) in [5, 5.41) is 38.2. The van der Waals surface area contributed by atoms with E-state index in [2.05, 4.69) is 10.3 Å². The predicted molar refractivity (Wildman–Crippen MR) is 141 cm³/mol. The number of aliphatic hydroxyl groups excluding tert-OH is 1.